The summed E-state index contributed by atoms with van der Waals surface area (Å²) in [7, 11) is -1.34. The molecule has 3 nitrogen and oxygen atoms in total. The van der Waals surface area contributed by atoms with Gasteiger partial charge in [0, 0.05) is 32.0 Å². The molecule has 0 saturated heterocycles. The first-order valence-electron chi connectivity index (χ1n) is 21.0. The number of rotatable bonds is 8. The molecule has 9 aromatic rings. The summed E-state index contributed by atoms with van der Waals surface area (Å²) in [5.41, 5.74) is 14.2. The van der Waals surface area contributed by atoms with Crippen molar-refractivity contribution in [2.24, 2.45) is 5.92 Å². The summed E-state index contributed by atoms with van der Waals surface area (Å²) in [6.45, 7) is 18.5. The molecule has 61 heavy (non-hydrogen) atoms. The zero-order valence-corrected chi connectivity index (χ0v) is 40.6. The van der Waals surface area contributed by atoms with Crippen LogP contribution in [0.5, 0.6) is 0 Å². The number of hydrogen-bond donors (Lipinski definition) is 0. The van der Waals surface area contributed by atoms with Crippen LogP contribution in [0.4, 0.5) is 0 Å². The average Bonchev–Trinajstić information content (AvgIpc) is 3.85. The second kappa shape index (κ2) is 18.4. The minimum Gasteiger partial charge on any atom is -0.333 e. The Balaban J connectivity index is 0.000000226. The largest absolute Gasteiger partial charge is 0.333 e. The van der Waals surface area contributed by atoms with Gasteiger partial charge in [0.15, 0.2) is 0 Å². The van der Waals surface area contributed by atoms with E-state index in [0.717, 1.165) is 45.8 Å². The maximum Gasteiger partial charge on any atom is 0.0798 e. The van der Waals surface area contributed by atoms with Crippen LogP contribution in [-0.2, 0) is 31.9 Å². The summed E-state index contributed by atoms with van der Waals surface area (Å²) in [6, 6.07) is 57.0. The summed E-state index contributed by atoms with van der Waals surface area (Å²) in [6.07, 6.45) is 3.24. The molecule has 0 fully saturated rings. The van der Waals surface area contributed by atoms with Gasteiger partial charge in [0.05, 0.1) is 24.9 Å². The van der Waals surface area contributed by atoms with Crippen LogP contribution in [-0.4, -0.2) is 22.6 Å². The molecule has 6 heteroatoms. The Hall–Kier alpha value is -5.23. The Labute approximate surface area is 381 Å². The predicted molar refractivity (Wildman–Crippen MR) is 260 cm³/mol. The number of thiophene rings is 1. The van der Waals surface area contributed by atoms with Crippen molar-refractivity contribution >= 4 is 45.7 Å². The average molecular weight is 1010 g/mol. The van der Waals surface area contributed by atoms with Gasteiger partial charge in [0.1, 0.15) is 0 Å². The van der Waals surface area contributed by atoms with E-state index in [1.165, 1.54) is 48.7 Å². The van der Waals surface area contributed by atoms with Crippen molar-refractivity contribution in [3.8, 4) is 50.6 Å². The first-order chi connectivity index (χ1) is 28.8. The number of nitrogens with zero attached hydrogens (tertiary/aromatic N) is 3. The Morgan fingerprint density at radius 2 is 1.34 bits per heavy atom. The number of benzene rings is 6. The number of hydrogen-bond acceptors (Lipinski definition) is 3. The molecular formula is C55H53IrN3SSi-2. The van der Waals surface area contributed by atoms with Gasteiger partial charge < -0.3 is 9.55 Å². The molecule has 1 radical (unpaired) electrons. The first kappa shape index (κ1) is 43.8. The number of fused-ring (bicyclic) bond motifs is 2. The molecule has 3 aromatic heterocycles. The normalized spacial score (nSPS) is 11.7. The van der Waals surface area contributed by atoms with E-state index >= 15 is 0 Å². The van der Waals surface area contributed by atoms with E-state index in [9.17, 15) is 0 Å². The zero-order valence-electron chi connectivity index (χ0n) is 36.4. The van der Waals surface area contributed by atoms with Crippen LogP contribution in [0, 0.1) is 17.4 Å². The zero-order chi connectivity index (χ0) is 42.0. The molecule has 0 aliphatic heterocycles. The Morgan fingerprint density at radius 3 is 2.00 bits per heavy atom. The van der Waals surface area contributed by atoms with Crippen LogP contribution in [0.15, 0.2) is 158 Å². The third-order valence-corrected chi connectivity index (χ3v) is 14.0. The monoisotopic (exact) mass is 1010 g/mol. The van der Waals surface area contributed by atoms with Gasteiger partial charge in [-0.3, -0.25) is 16.3 Å². The number of pyridine rings is 1. The molecular weight excluding hydrogens is 955 g/mol. The molecule has 9 rings (SSSR count). The van der Waals surface area contributed by atoms with E-state index < -0.39 is 8.07 Å². The molecule has 0 spiro atoms. The van der Waals surface area contributed by atoms with Crippen molar-refractivity contribution < 1.29 is 20.1 Å². The van der Waals surface area contributed by atoms with E-state index in [4.69, 9.17) is 4.98 Å². The Kier molecular flexibility index (Phi) is 13.2. The van der Waals surface area contributed by atoms with Gasteiger partial charge >= 0.3 is 0 Å². The van der Waals surface area contributed by atoms with Gasteiger partial charge in [-0.1, -0.05) is 173 Å². The quantitative estimate of drug-likeness (QED) is 0.112. The van der Waals surface area contributed by atoms with Gasteiger partial charge in [-0.15, -0.1) is 47.3 Å². The minimum atomic E-state index is -1.34. The molecule has 0 aliphatic carbocycles. The maximum atomic E-state index is 5.11. The van der Waals surface area contributed by atoms with E-state index in [2.05, 4.69) is 215 Å². The summed E-state index contributed by atoms with van der Waals surface area (Å²) in [5.74, 6) is 1.59. The van der Waals surface area contributed by atoms with Crippen molar-refractivity contribution in [2.45, 2.75) is 66.1 Å². The van der Waals surface area contributed by atoms with Crippen molar-refractivity contribution in [1.82, 2.24) is 14.5 Å². The molecule has 0 atom stereocenters. The molecule has 0 amide bonds. The fraction of sp³-hybridized carbons (Fsp3) is 0.200. The smallest absolute Gasteiger partial charge is 0.0798 e. The third kappa shape index (κ3) is 9.80. The summed E-state index contributed by atoms with van der Waals surface area (Å²) >= 11 is 1.66. The third-order valence-electron chi connectivity index (χ3n) is 11.0. The topological polar surface area (TPSA) is 30.7 Å². The molecule has 6 aromatic carbocycles. The SMILES string of the molecule is CC(C)(C)c1ccc(-c2ccc(-n3c(-c4[c-]sc5cc(-c6ccccc6)ccc45)nc4ccccc43)cc2)cc1.CC(C)Cc1cc(-c2[c-]cccc2)ncc1[Si](C)(C)C.[Ir]. The van der Waals surface area contributed by atoms with Crippen LogP contribution in [0.1, 0.15) is 45.7 Å². The standard InChI is InChI=1S/C37H29N2S.C18H24NSi.Ir/c1-37(2,3)29-18-13-26(14-19-29)27-15-20-30(21-16-27)39-34-12-8-7-11-33(34)38-36(39)32-24-40-35-23-28(17-22-31(32)35)25-9-5-4-6-10-25;1-14(2)11-16-12-17(15-9-7-6-8-10-15)19-13-18(16)20(3,4)5;/h4-23H,1-3H3;6-9,12-14H,11H2,1-5H3;/q2*-1;. The van der Waals surface area contributed by atoms with Crippen molar-refractivity contribution in [2.75, 3.05) is 0 Å². The van der Waals surface area contributed by atoms with E-state index in [-0.39, 0.29) is 25.5 Å². The Morgan fingerprint density at radius 1 is 0.705 bits per heavy atom. The summed E-state index contributed by atoms with van der Waals surface area (Å²) in [5, 5.41) is 6.26. The molecule has 0 saturated carbocycles. The van der Waals surface area contributed by atoms with Crippen LogP contribution in [0.25, 0.3) is 71.7 Å². The maximum absolute atomic E-state index is 5.11. The summed E-state index contributed by atoms with van der Waals surface area (Å²) in [4.78, 5) is 9.80. The van der Waals surface area contributed by atoms with Crippen molar-refractivity contribution in [1.29, 1.82) is 0 Å². The van der Waals surface area contributed by atoms with Crippen LogP contribution in [0.2, 0.25) is 19.6 Å². The van der Waals surface area contributed by atoms with Crippen LogP contribution >= 0.6 is 11.3 Å². The van der Waals surface area contributed by atoms with Gasteiger partial charge in [0.25, 0.3) is 0 Å². The van der Waals surface area contributed by atoms with Gasteiger partial charge in [-0.25, -0.2) is 0 Å². The van der Waals surface area contributed by atoms with E-state index in [0.29, 0.717) is 5.92 Å². The molecule has 0 N–H and O–H groups in total. The van der Waals surface area contributed by atoms with Gasteiger partial charge in [-0.2, -0.15) is 0 Å². The molecule has 3 heterocycles. The molecule has 309 valence electrons. The van der Waals surface area contributed by atoms with Crippen LogP contribution in [0.3, 0.4) is 0 Å². The molecule has 0 unspecified atom stereocenters. The molecule has 0 bridgehead atoms. The minimum absolute atomic E-state index is 0. The number of imidazole rings is 1. The van der Waals surface area contributed by atoms with Crippen molar-refractivity contribution in [3.05, 3.63) is 180 Å². The van der Waals surface area contributed by atoms with Gasteiger partial charge in [0.2, 0.25) is 0 Å². The Bertz CT molecular complexity index is 2860. The molecule has 0 aliphatic rings. The van der Waals surface area contributed by atoms with E-state index in [1.807, 2.05) is 18.2 Å². The predicted octanol–water partition coefficient (Wildman–Crippen LogP) is 14.6. The second-order valence-electron chi connectivity index (χ2n) is 18.1. The van der Waals surface area contributed by atoms with Gasteiger partial charge in [-0.05, 0) is 80.7 Å². The number of aromatic nitrogens is 3. The fourth-order valence-corrected chi connectivity index (χ4v) is 10.3. The summed E-state index contributed by atoms with van der Waals surface area (Å²) < 4.78 is 3.48. The first-order valence-corrected chi connectivity index (χ1v) is 25.3. The van der Waals surface area contributed by atoms with Crippen LogP contribution < -0.4 is 5.19 Å². The fourth-order valence-electron chi connectivity index (χ4n) is 7.85. The van der Waals surface area contributed by atoms with Crippen molar-refractivity contribution in [3.63, 3.8) is 0 Å². The van der Waals surface area contributed by atoms with E-state index in [1.54, 1.807) is 11.3 Å². The number of para-hydroxylation sites is 2. The second-order valence-corrected chi connectivity index (χ2v) is 24.0.